The molecule has 1 aromatic heterocycles. The molecule has 6 heteroatoms. The van der Waals surface area contributed by atoms with E-state index in [4.69, 9.17) is 21.4 Å². The summed E-state index contributed by atoms with van der Waals surface area (Å²) in [5, 5.41) is 9.37. The maximum Gasteiger partial charge on any atom is 0.356 e. The van der Waals surface area contributed by atoms with Gasteiger partial charge in [0.2, 0.25) is 5.88 Å². The lowest BCUT2D eigenvalue weighted by molar-refractivity contribution is 0.0688. The van der Waals surface area contributed by atoms with Crippen LogP contribution in [0.25, 0.3) is 0 Å². The van der Waals surface area contributed by atoms with Crippen molar-refractivity contribution < 1.29 is 14.6 Å². The number of carbonyl (C=O) groups is 1. The third-order valence-electron chi connectivity index (χ3n) is 2.11. The second-order valence-electron chi connectivity index (χ2n) is 3.47. The Kier molecular flexibility index (Phi) is 3.74. The fourth-order valence-corrected chi connectivity index (χ4v) is 1.52. The molecule has 0 bridgehead atoms. The number of hydrogen-bond donors (Lipinski definition) is 1. The topological polar surface area (TPSA) is 72.3 Å². The van der Waals surface area contributed by atoms with E-state index in [1.165, 1.54) is 6.20 Å². The second kappa shape index (κ2) is 5.46. The number of rotatable bonds is 4. The first-order valence-electron chi connectivity index (χ1n) is 5.08. The molecule has 1 N–H and O–H groups in total. The van der Waals surface area contributed by atoms with Crippen molar-refractivity contribution in [1.29, 1.82) is 0 Å². The Labute approximate surface area is 108 Å². The molecule has 0 aliphatic carbocycles. The van der Waals surface area contributed by atoms with Gasteiger partial charge in [0.05, 0.1) is 12.4 Å². The molecule has 0 spiro atoms. The van der Waals surface area contributed by atoms with Crippen molar-refractivity contribution in [3.63, 3.8) is 0 Å². The summed E-state index contributed by atoms with van der Waals surface area (Å²) in [7, 11) is 0. The Balaban J connectivity index is 2.06. The number of benzene rings is 1. The zero-order chi connectivity index (χ0) is 13.0. The normalized spacial score (nSPS) is 10.1. The van der Waals surface area contributed by atoms with Gasteiger partial charge in [-0.25, -0.2) is 9.78 Å². The first kappa shape index (κ1) is 12.3. The molecular formula is C12H9ClN2O3. The van der Waals surface area contributed by atoms with Crippen molar-refractivity contribution in [2.75, 3.05) is 0 Å². The summed E-state index contributed by atoms with van der Waals surface area (Å²) in [6.45, 7) is 0.248. The van der Waals surface area contributed by atoms with Crippen molar-refractivity contribution in [1.82, 2.24) is 9.97 Å². The summed E-state index contributed by atoms with van der Waals surface area (Å²) >= 11 is 5.83. The average Bonchev–Trinajstić information content (AvgIpc) is 2.37. The van der Waals surface area contributed by atoms with Crippen LogP contribution in [-0.4, -0.2) is 21.0 Å². The van der Waals surface area contributed by atoms with E-state index in [-0.39, 0.29) is 18.2 Å². The highest BCUT2D eigenvalue weighted by Crippen LogP contribution is 2.13. The van der Waals surface area contributed by atoms with Crippen LogP contribution in [0.5, 0.6) is 5.88 Å². The summed E-state index contributed by atoms with van der Waals surface area (Å²) < 4.78 is 5.34. The Morgan fingerprint density at radius 1 is 1.39 bits per heavy atom. The van der Waals surface area contributed by atoms with E-state index in [0.29, 0.717) is 5.02 Å². The number of aromatic carboxylic acids is 1. The van der Waals surface area contributed by atoms with Gasteiger partial charge in [-0.15, -0.1) is 0 Å². The monoisotopic (exact) mass is 264 g/mol. The van der Waals surface area contributed by atoms with Gasteiger partial charge in [-0.3, -0.25) is 4.98 Å². The highest BCUT2D eigenvalue weighted by atomic mass is 35.5. The molecule has 0 atom stereocenters. The molecule has 2 aromatic rings. The molecule has 5 nitrogen and oxygen atoms in total. The van der Waals surface area contributed by atoms with Crippen molar-refractivity contribution in [3.05, 3.63) is 52.9 Å². The molecule has 0 saturated carbocycles. The van der Waals surface area contributed by atoms with E-state index in [2.05, 4.69) is 9.97 Å². The van der Waals surface area contributed by atoms with Crippen LogP contribution in [0.15, 0.2) is 36.7 Å². The van der Waals surface area contributed by atoms with Gasteiger partial charge >= 0.3 is 5.97 Å². The van der Waals surface area contributed by atoms with E-state index < -0.39 is 5.97 Å². The molecule has 0 fully saturated rings. The smallest absolute Gasteiger partial charge is 0.356 e. The number of carboxylic acids is 1. The van der Waals surface area contributed by atoms with Crippen LogP contribution in [0.3, 0.4) is 0 Å². The molecule has 1 heterocycles. The Morgan fingerprint density at radius 3 is 2.94 bits per heavy atom. The molecule has 0 aliphatic heterocycles. The minimum atomic E-state index is -1.14. The lowest BCUT2D eigenvalue weighted by atomic mass is 10.2. The molecule has 1 aromatic carbocycles. The van der Waals surface area contributed by atoms with Crippen LogP contribution in [0, 0.1) is 0 Å². The number of ether oxygens (including phenoxy) is 1. The Bertz CT molecular complexity index is 575. The van der Waals surface area contributed by atoms with E-state index in [0.717, 1.165) is 11.8 Å². The Hall–Kier alpha value is -2.14. The molecule has 0 aliphatic rings. The standard InChI is InChI=1S/C12H9ClN2O3/c13-9-3-1-2-8(4-9)7-18-11-6-14-5-10(15-11)12(16)17/h1-6H,7H2,(H,16,17). The van der Waals surface area contributed by atoms with E-state index in [9.17, 15) is 4.79 Å². The van der Waals surface area contributed by atoms with Gasteiger partial charge in [0.15, 0.2) is 5.69 Å². The summed E-state index contributed by atoms with van der Waals surface area (Å²) in [5.41, 5.74) is 0.712. The largest absolute Gasteiger partial charge is 0.476 e. The SMILES string of the molecule is O=C(O)c1cncc(OCc2cccc(Cl)c2)n1. The van der Waals surface area contributed by atoms with E-state index in [1.54, 1.807) is 18.2 Å². The average molecular weight is 265 g/mol. The molecule has 18 heavy (non-hydrogen) atoms. The number of aromatic nitrogens is 2. The van der Waals surface area contributed by atoms with Gasteiger partial charge in [0.1, 0.15) is 6.61 Å². The second-order valence-corrected chi connectivity index (χ2v) is 3.90. The predicted molar refractivity (Wildman–Crippen MR) is 64.8 cm³/mol. The third-order valence-corrected chi connectivity index (χ3v) is 2.34. The van der Waals surface area contributed by atoms with E-state index >= 15 is 0 Å². The first-order valence-corrected chi connectivity index (χ1v) is 5.45. The van der Waals surface area contributed by atoms with Gasteiger partial charge in [-0.1, -0.05) is 23.7 Å². The molecule has 0 amide bonds. The number of nitrogens with zero attached hydrogens (tertiary/aromatic N) is 2. The number of halogens is 1. The van der Waals surface area contributed by atoms with Crippen molar-refractivity contribution in [2.45, 2.75) is 6.61 Å². The predicted octanol–water partition coefficient (Wildman–Crippen LogP) is 2.41. The van der Waals surface area contributed by atoms with Gasteiger partial charge in [-0.2, -0.15) is 0 Å². The van der Waals surface area contributed by atoms with Crippen LogP contribution >= 0.6 is 11.6 Å². The molecule has 2 rings (SSSR count). The maximum atomic E-state index is 10.7. The van der Waals surface area contributed by atoms with Gasteiger partial charge in [-0.05, 0) is 17.7 Å². The van der Waals surface area contributed by atoms with Crippen molar-refractivity contribution >= 4 is 17.6 Å². The highest BCUT2D eigenvalue weighted by molar-refractivity contribution is 6.30. The van der Waals surface area contributed by atoms with Gasteiger partial charge < -0.3 is 9.84 Å². The lowest BCUT2D eigenvalue weighted by Gasteiger charge is -2.05. The summed E-state index contributed by atoms with van der Waals surface area (Å²) in [4.78, 5) is 18.2. The van der Waals surface area contributed by atoms with E-state index in [1.807, 2.05) is 6.07 Å². The minimum absolute atomic E-state index is 0.154. The molecule has 0 unspecified atom stereocenters. The Morgan fingerprint density at radius 2 is 2.22 bits per heavy atom. The first-order chi connectivity index (χ1) is 8.65. The molecule has 92 valence electrons. The third kappa shape index (κ3) is 3.18. The summed E-state index contributed by atoms with van der Waals surface area (Å²) in [6, 6.07) is 7.17. The fourth-order valence-electron chi connectivity index (χ4n) is 1.30. The highest BCUT2D eigenvalue weighted by Gasteiger charge is 2.06. The van der Waals surface area contributed by atoms with Crippen LogP contribution < -0.4 is 4.74 Å². The maximum absolute atomic E-state index is 10.7. The summed E-state index contributed by atoms with van der Waals surface area (Å²) in [6.07, 6.45) is 2.52. The quantitative estimate of drug-likeness (QED) is 0.918. The van der Waals surface area contributed by atoms with Crippen LogP contribution in [-0.2, 0) is 6.61 Å². The number of carboxylic acid groups (broad SMARTS) is 1. The molecular weight excluding hydrogens is 256 g/mol. The lowest BCUT2D eigenvalue weighted by Crippen LogP contribution is -2.04. The molecule has 0 saturated heterocycles. The van der Waals surface area contributed by atoms with Crippen LogP contribution in [0.4, 0.5) is 0 Å². The van der Waals surface area contributed by atoms with Crippen molar-refractivity contribution in [2.24, 2.45) is 0 Å². The van der Waals surface area contributed by atoms with Gasteiger partial charge in [0, 0.05) is 5.02 Å². The fraction of sp³-hybridized carbons (Fsp3) is 0.0833. The van der Waals surface area contributed by atoms with Gasteiger partial charge in [0.25, 0.3) is 0 Å². The number of hydrogen-bond acceptors (Lipinski definition) is 4. The molecule has 0 radical (unpaired) electrons. The zero-order valence-corrected chi connectivity index (χ0v) is 9.96. The van der Waals surface area contributed by atoms with Crippen LogP contribution in [0.1, 0.15) is 16.1 Å². The minimum Gasteiger partial charge on any atom is -0.476 e. The van der Waals surface area contributed by atoms with Crippen molar-refractivity contribution in [3.8, 4) is 5.88 Å². The summed E-state index contributed by atoms with van der Waals surface area (Å²) in [5.74, 6) is -0.981. The zero-order valence-electron chi connectivity index (χ0n) is 9.21. The van der Waals surface area contributed by atoms with Crippen LogP contribution in [0.2, 0.25) is 5.02 Å².